The first-order valence-electron chi connectivity index (χ1n) is 7.24. The van der Waals surface area contributed by atoms with Gasteiger partial charge in [-0.1, -0.05) is 0 Å². The fourth-order valence-electron chi connectivity index (χ4n) is 3.11. The van der Waals surface area contributed by atoms with E-state index >= 15 is 0 Å². The van der Waals surface area contributed by atoms with Crippen molar-refractivity contribution in [3.63, 3.8) is 0 Å². The van der Waals surface area contributed by atoms with Gasteiger partial charge in [-0.05, 0) is 26.2 Å². The Labute approximate surface area is 113 Å². The zero-order chi connectivity index (χ0) is 13.2. The van der Waals surface area contributed by atoms with Gasteiger partial charge in [0.15, 0.2) is 0 Å². The maximum atomic E-state index is 11.9. The Balaban J connectivity index is 1.72. The van der Waals surface area contributed by atoms with Crippen LogP contribution in [-0.2, 0) is 13.0 Å². The molecule has 3 heterocycles. The van der Waals surface area contributed by atoms with Gasteiger partial charge in [0.2, 0.25) is 0 Å². The van der Waals surface area contributed by atoms with Crippen LogP contribution in [0.2, 0.25) is 0 Å². The summed E-state index contributed by atoms with van der Waals surface area (Å²) in [5.74, 6) is 2.54. The Morgan fingerprint density at radius 3 is 3.11 bits per heavy atom. The first-order chi connectivity index (χ1) is 9.29. The number of rotatable bonds is 2. The monoisotopic (exact) mass is 263 g/mol. The minimum absolute atomic E-state index is 0.0494. The molecule has 19 heavy (non-hydrogen) atoms. The van der Waals surface area contributed by atoms with Crippen LogP contribution in [-0.4, -0.2) is 45.3 Å². The lowest BCUT2D eigenvalue weighted by atomic mass is 9.97. The van der Waals surface area contributed by atoms with E-state index in [2.05, 4.69) is 20.1 Å². The molecule has 104 valence electrons. The maximum Gasteiger partial charge on any atom is 0.317 e. The Kier molecular flexibility index (Phi) is 3.40. The van der Waals surface area contributed by atoms with Crippen LogP contribution in [0.25, 0.3) is 0 Å². The zero-order valence-electron chi connectivity index (χ0n) is 11.4. The van der Waals surface area contributed by atoms with Crippen molar-refractivity contribution in [2.75, 3.05) is 19.6 Å². The van der Waals surface area contributed by atoms with Crippen molar-refractivity contribution in [1.82, 2.24) is 25.0 Å². The molecule has 0 aliphatic carbocycles. The average molecular weight is 263 g/mol. The topological polar surface area (TPSA) is 63.1 Å². The summed E-state index contributed by atoms with van der Waals surface area (Å²) in [4.78, 5) is 13.8. The summed E-state index contributed by atoms with van der Waals surface area (Å²) in [5, 5.41) is 11.5. The number of hydrogen-bond donors (Lipinski definition) is 1. The van der Waals surface area contributed by atoms with Crippen molar-refractivity contribution in [2.24, 2.45) is 0 Å². The highest BCUT2D eigenvalue weighted by atomic mass is 16.2. The van der Waals surface area contributed by atoms with Crippen LogP contribution in [0.3, 0.4) is 0 Å². The van der Waals surface area contributed by atoms with E-state index in [1.54, 1.807) is 0 Å². The highest BCUT2D eigenvalue weighted by Crippen LogP contribution is 2.28. The number of nitrogens with one attached hydrogen (secondary N) is 1. The fraction of sp³-hybridized carbons (Fsp3) is 0.769. The number of aromatic nitrogens is 3. The largest absolute Gasteiger partial charge is 0.338 e. The van der Waals surface area contributed by atoms with E-state index in [1.165, 1.54) is 6.42 Å². The van der Waals surface area contributed by atoms with Crippen LogP contribution in [0, 0.1) is 0 Å². The number of fused-ring (bicyclic) bond motifs is 1. The van der Waals surface area contributed by atoms with Gasteiger partial charge in [0.25, 0.3) is 0 Å². The van der Waals surface area contributed by atoms with E-state index in [-0.39, 0.29) is 6.03 Å². The van der Waals surface area contributed by atoms with Gasteiger partial charge in [-0.2, -0.15) is 0 Å². The van der Waals surface area contributed by atoms with Crippen molar-refractivity contribution in [3.05, 3.63) is 11.6 Å². The van der Waals surface area contributed by atoms with Crippen LogP contribution < -0.4 is 5.32 Å². The molecule has 0 saturated carbocycles. The molecule has 1 fully saturated rings. The molecule has 1 saturated heterocycles. The van der Waals surface area contributed by atoms with Gasteiger partial charge in [0.05, 0.1) is 0 Å². The number of carbonyl (C=O) groups excluding carboxylic acids is 1. The first-order valence-corrected chi connectivity index (χ1v) is 7.24. The smallest absolute Gasteiger partial charge is 0.317 e. The second-order valence-corrected chi connectivity index (χ2v) is 5.35. The quantitative estimate of drug-likeness (QED) is 0.870. The molecule has 2 aliphatic heterocycles. The van der Waals surface area contributed by atoms with E-state index in [9.17, 15) is 4.79 Å². The molecule has 0 bridgehead atoms. The number of amides is 2. The molecule has 0 radical (unpaired) electrons. The molecule has 1 aromatic rings. The lowest BCUT2D eigenvalue weighted by Crippen LogP contribution is -2.45. The Bertz CT molecular complexity index is 470. The molecule has 2 amide bonds. The van der Waals surface area contributed by atoms with Crippen molar-refractivity contribution in [3.8, 4) is 0 Å². The Morgan fingerprint density at radius 1 is 1.37 bits per heavy atom. The highest BCUT2D eigenvalue weighted by Gasteiger charge is 2.29. The summed E-state index contributed by atoms with van der Waals surface area (Å²) in [6.45, 7) is 5.29. The minimum atomic E-state index is 0.0494. The number of likely N-dealkylation sites (tertiary alicyclic amines) is 1. The number of piperidine rings is 1. The number of urea groups is 1. The molecule has 6 heteroatoms. The van der Waals surface area contributed by atoms with Crippen LogP contribution >= 0.6 is 0 Å². The number of aryl methyl sites for hydroxylation is 1. The number of nitrogens with zero attached hydrogens (tertiary/aromatic N) is 4. The SMILES string of the molecule is CCNC(=O)N1CCCC(c2nnc3n2CCC3)C1. The van der Waals surface area contributed by atoms with Crippen molar-refractivity contribution in [1.29, 1.82) is 0 Å². The molecule has 1 aromatic heterocycles. The van der Waals surface area contributed by atoms with Crippen molar-refractivity contribution in [2.45, 2.75) is 45.1 Å². The molecule has 0 aromatic carbocycles. The van der Waals surface area contributed by atoms with Crippen LogP contribution in [0.5, 0.6) is 0 Å². The van der Waals surface area contributed by atoms with E-state index in [4.69, 9.17) is 0 Å². The Hall–Kier alpha value is -1.59. The van der Waals surface area contributed by atoms with Crippen LogP contribution in [0.1, 0.15) is 43.8 Å². The third kappa shape index (κ3) is 2.31. The van der Waals surface area contributed by atoms with E-state index < -0.39 is 0 Å². The standard InChI is InChI=1S/C13H21N5O/c1-2-14-13(19)17-7-3-5-10(9-17)12-16-15-11-6-4-8-18(11)12/h10H,2-9H2,1H3,(H,14,19). The zero-order valence-corrected chi connectivity index (χ0v) is 11.4. The van der Waals surface area contributed by atoms with Crippen LogP contribution in [0.4, 0.5) is 4.79 Å². The summed E-state index contributed by atoms with van der Waals surface area (Å²) in [6, 6.07) is 0.0494. The van der Waals surface area contributed by atoms with Crippen molar-refractivity contribution >= 4 is 6.03 Å². The second-order valence-electron chi connectivity index (χ2n) is 5.35. The lowest BCUT2D eigenvalue weighted by Gasteiger charge is -2.32. The minimum Gasteiger partial charge on any atom is -0.338 e. The molecule has 1 unspecified atom stereocenters. The van der Waals surface area contributed by atoms with E-state index in [1.807, 2.05) is 11.8 Å². The van der Waals surface area contributed by atoms with Gasteiger partial charge >= 0.3 is 6.03 Å². The summed E-state index contributed by atoms with van der Waals surface area (Å²) in [7, 11) is 0. The molecule has 2 aliphatic rings. The molecule has 6 nitrogen and oxygen atoms in total. The van der Waals surface area contributed by atoms with Gasteiger partial charge in [-0.3, -0.25) is 0 Å². The number of carbonyl (C=O) groups is 1. The summed E-state index contributed by atoms with van der Waals surface area (Å²) in [5.41, 5.74) is 0. The first kappa shape index (κ1) is 12.4. The van der Waals surface area contributed by atoms with Gasteiger partial charge in [0.1, 0.15) is 11.6 Å². The van der Waals surface area contributed by atoms with Gasteiger partial charge in [-0.15, -0.1) is 10.2 Å². The lowest BCUT2D eigenvalue weighted by molar-refractivity contribution is 0.178. The van der Waals surface area contributed by atoms with Gasteiger partial charge in [-0.25, -0.2) is 4.79 Å². The molecule has 1 atom stereocenters. The third-order valence-corrected chi connectivity index (χ3v) is 4.04. The molecular weight excluding hydrogens is 242 g/mol. The van der Waals surface area contributed by atoms with E-state index in [0.717, 1.165) is 50.5 Å². The summed E-state index contributed by atoms with van der Waals surface area (Å²) >= 11 is 0. The van der Waals surface area contributed by atoms with Gasteiger partial charge in [0, 0.05) is 38.5 Å². The summed E-state index contributed by atoms with van der Waals surface area (Å²) < 4.78 is 2.26. The molecule has 0 spiro atoms. The van der Waals surface area contributed by atoms with E-state index in [0.29, 0.717) is 12.5 Å². The van der Waals surface area contributed by atoms with Gasteiger partial charge < -0.3 is 14.8 Å². The number of hydrogen-bond acceptors (Lipinski definition) is 3. The summed E-state index contributed by atoms with van der Waals surface area (Å²) in [6.07, 6.45) is 4.36. The third-order valence-electron chi connectivity index (χ3n) is 4.04. The molecule has 1 N–H and O–H groups in total. The predicted octanol–water partition coefficient (Wildman–Crippen LogP) is 1.13. The second kappa shape index (κ2) is 5.19. The molecule has 3 rings (SSSR count). The van der Waals surface area contributed by atoms with Crippen molar-refractivity contribution < 1.29 is 4.79 Å². The molecular formula is C13H21N5O. The average Bonchev–Trinajstić information content (AvgIpc) is 3.01. The van der Waals surface area contributed by atoms with Crippen LogP contribution in [0.15, 0.2) is 0 Å². The fourth-order valence-corrected chi connectivity index (χ4v) is 3.11. The highest BCUT2D eigenvalue weighted by molar-refractivity contribution is 5.74. The Morgan fingerprint density at radius 2 is 2.26 bits per heavy atom. The normalized spacial score (nSPS) is 22.4. The predicted molar refractivity (Wildman–Crippen MR) is 71.0 cm³/mol. The maximum absolute atomic E-state index is 11.9.